The van der Waals surface area contributed by atoms with Gasteiger partial charge in [-0.05, 0) is 51.1 Å². The molecule has 3 fully saturated rings. The summed E-state index contributed by atoms with van der Waals surface area (Å²) >= 11 is 0. The minimum absolute atomic E-state index is 0.352. The second-order valence-corrected chi connectivity index (χ2v) is 9.88. The van der Waals surface area contributed by atoms with E-state index < -0.39 is 30.0 Å². The van der Waals surface area contributed by atoms with E-state index in [1.807, 2.05) is 0 Å². The van der Waals surface area contributed by atoms with E-state index in [9.17, 15) is 23.1 Å². The second-order valence-electron chi connectivity index (χ2n) is 9.88. The van der Waals surface area contributed by atoms with E-state index in [-0.39, 0.29) is 5.41 Å². The topological polar surface area (TPSA) is 43.8 Å². The lowest BCUT2D eigenvalue weighted by Gasteiger charge is -2.54. The molecule has 2 atom stereocenters. The van der Waals surface area contributed by atoms with Crippen LogP contribution in [0.1, 0.15) is 71.6 Å². The van der Waals surface area contributed by atoms with Crippen molar-refractivity contribution in [1.29, 1.82) is 0 Å². The Hall–Kier alpha value is -0.820. The van der Waals surface area contributed by atoms with E-state index in [1.54, 1.807) is 4.90 Å². The molecule has 1 spiro atoms. The molecule has 0 bridgehead atoms. The zero-order valence-electron chi connectivity index (χ0n) is 17.9. The first-order chi connectivity index (χ1) is 13.6. The second kappa shape index (κ2) is 8.74. The number of aliphatic hydroxyl groups is 1. The summed E-state index contributed by atoms with van der Waals surface area (Å²) in [5, 5.41) is 11.8. The predicted octanol–water partition coefficient (Wildman–Crippen LogP) is 4.22. The summed E-state index contributed by atoms with van der Waals surface area (Å²) in [6.45, 7) is 6.98. The SMILES string of the molecule is CCC1CCN(CC2(O)CCN(C(=O)[C@H](C)CC(F)(F)F)CC23CCCC3)CC1. The number of rotatable bonds is 5. The number of β-amino-alcohol motifs (C(OH)–C–C–N with tert-alkyl or cyclic N) is 1. The lowest BCUT2D eigenvalue weighted by molar-refractivity contribution is -0.174. The van der Waals surface area contributed by atoms with Crippen LogP contribution in [-0.2, 0) is 4.79 Å². The highest BCUT2D eigenvalue weighted by atomic mass is 19.4. The van der Waals surface area contributed by atoms with Crippen molar-refractivity contribution in [3.05, 3.63) is 0 Å². The van der Waals surface area contributed by atoms with Crippen LogP contribution in [0, 0.1) is 17.3 Å². The molecule has 2 heterocycles. The molecular formula is C22H37F3N2O2. The van der Waals surface area contributed by atoms with Gasteiger partial charge in [-0.3, -0.25) is 4.79 Å². The van der Waals surface area contributed by atoms with Gasteiger partial charge in [0, 0.05) is 31.0 Å². The van der Waals surface area contributed by atoms with Crippen LogP contribution in [0.2, 0.25) is 0 Å². The number of amides is 1. The van der Waals surface area contributed by atoms with E-state index >= 15 is 0 Å². The number of hydrogen-bond acceptors (Lipinski definition) is 3. The molecule has 2 saturated heterocycles. The van der Waals surface area contributed by atoms with Crippen molar-refractivity contribution in [1.82, 2.24) is 9.80 Å². The minimum atomic E-state index is -4.33. The van der Waals surface area contributed by atoms with Gasteiger partial charge in [-0.15, -0.1) is 0 Å². The lowest BCUT2D eigenvalue weighted by Crippen LogP contribution is -2.64. The average Bonchev–Trinajstić information content (AvgIpc) is 3.13. The maximum atomic E-state index is 12.7. The van der Waals surface area contributed by atoms with Gasteiger partial charge in [-0.2, -0.15) is 13.2 Å². The first-order valence-corrected chi connectivity index (χ1v) is 11.4. The molecule has 0 aromatic rings. The van der Waals surface area contributed by atoms with Gasteiger partial charge in [0.2, 0.25) is 5.91 Å². The average molecular weight is 419 g/mol. The van der Waals surface area contributed by atoms with Crippen LogP contribution >= 0.6 is 0 Å². The van der Waals surface area contributed by atoms with Crippen molar-refractivity contribution in [2.75, 3.05) is 32.7 Å². The molecule has 7 heteroatoms. The van der Waals surface area contributed by atoms with Gasteiger partial charge < -0.3 is 14.9 Å². The van der Waals surface area contributed by atoms with Crippen LogP contribution in [0.3, 0.4) is 0 Å². The number of nitrogens with zero attached hydrogens (tertiary/aromatic N) is 2. The summed E-state index contributed by atoms with van der Waals surface area (Å²) in [7, 11) is 0. The monoisotopic (exact) mass is 418 g/mol. The zero-order valence-corrected chi connectivity index (χ0v) is 17.9. The molecule has 3 rings (SSSR count). The van der Waals surface area contributed by atoms with Crippen LogP contribution in [0.5, 0.6) is 0 Å². The molecule has 1 saturated carbocycles. The van der Waals surface area contributed by atoms with Crippen LogP contribution in [0.4, 0.5) is 13.2 Å². The van der Waals surface area contributed by atoms with Crippen molar-refractivity contribution >= 4 is 5.91 Å². The van der Waals surface area contributed by atoms with Crippen LogP contribution in [-0.4, -0.2) is 65.3 Å². The fourth-order valence-corrected chi connectivity index (χ4v) is 5.96. The fourth-order valence-electron chi connectivity index (χ4n) is 5.96. The molecule has 4 nitrogen and oxygen atoms in total. The molecule has 0 aromatic carbocycles. The first-order valence-electron chi connectivity index (χ1n) is 11.4. The lowest BCUT2D eigenvalue weighted by atomic mass is 9.65. The standard InChI is InChI=1S/C22H37F3N2O2/c1-3-18-6-11-26(12-7-18)16-21(29)10-13-27(15-20(21)8-4-5-9-20)19(28)17(2)14-22(23,24)25/h17-18,29H,3-16H2,1-2H3/t17-,21?/m1/s1. The first kappa shape index (κ1) is 22.9. The Morgan fingerprint density at radius 3 is 2.31 bits per heavy atom. The Labute approximate surface area is 172 Å². The molecule has 1 unspecified atom stereocenters. The van der Waals surface area contributed by atoms with Crippen molar-refractivity contribution in [3.8, 4) is 0 Å². The molecule has 3 aliphatic rings. The molecule has 0 aromatic heterocycles. The number of hydrogen-bond donors (Lipinski definition) is 1. The number of carbonyl (C=O) groups excluding carboxylic acids is 1. The van der Waals surface area contributed by atoms with Crippen LogP contribution in [0.25, 0.3) is 0 Å². The maximum Gasteiger partial charge on any atom is 0.389 e. The van der Waals surface area contributed by atoms with Gasteiger partial charge in [0.25, 0.3) is 0 Å². The molecule has 29 heavy (non-hydrogen) atoms. The van der Waals surface area contributed by atoms with Gasteiger partial charge >= 0.3 is 6.18 Å². The van der Waals surface area contributed by atoms with Gasteiger partial charge in [-0.1, -0.05) is 33.1 Å². The Bertz CT molecular complexity index is 569. The van der Waals surface area contributed by atoms with Gasteiger partial charge in [0.1, 0.15) is 0 Å². The highest BCUT2D eigenvalue weighted by Crippen LogP contribution is 2.51. The quantitative estimate of drug-likeness (QED) is 0.727. The summed E-state index contributed by atoms with van der Waals surface area (Å²) < 4.78 is 38.2. The Morgan fingerprint density at radius 1 is 1.14 bits per heavy atom. The van der Waals surface area contributed by atoms with E-state index in [2.05, 4.69) is 11.8 Å². The van der Waals surface area contributed by atoms with E-state index in [0.29, 0.717) is 26.1 Å². The van der Waals surface area contributed by atoms with Gasteiger partial charge in [-0.25, -0.2) is 0 Å². The molecule has 1 N–H and O–H groups in total. The Morgan fingerprint density at radius 2 is 1.76 bits per heavy atom. The molecule has 2 aliphatic heterocycles. The highest BCUT2D eigenvalue weighted by molar-refractivity contribution is 5.78. The van der Waals surface area contributed by atoms with Crippen molar-refractivity contribution in [3.63, 3.8) is 0 Å². The number of likely N-dealkylation sites (tertiary alicyclic amines) is 2. The van der Waals surface area contributed by atoms with Crippen molar-refractivity contribution in [2.24, 2.45) is 17.3 Å². The maximum absolute atomic E-state index is 12.7. The Balaban J connectivity index is 1.68. The van der Waals surface area contributed by atoms with Gasteiger partial charge in [0.05, 0.1) is 12.0 Å². The predicted molar refractivity (Wildman–Crippen MR) is 106 cm³/mol. The molecular weight excluding hydrogens is 381 g/mol. The van der Waals surface area contributed by atoms with Gasteiger partial charge in [0.15, 0.2) is 0 Å². The third kappa shape index (κ3) is 5.09. The van der Waals surface area contributed by atoms with Crippen molar-refractivity contribution < 1.29 is 23.1 Å². The number of alkyl halides is 3. The normalized spacial score (nSPS) is 30.1. The number of carbonyl (C=O) groups is 1. The van der Waals surface area contributed by atoms with E-state index in [4.69, 9.17) is 0 Å². The smallest absolute Gasteiger partial charge is 0.388 e. The van der Waals surface area contributed by atoms with Crippen molar-refractivity contribution in [2.45, 2.75) is 83.4 Å². The Kier molecular flexibility index (Phi) is 6.88. The molecule has 168 valence electrons. The molecule has 0 radical (unpaired) electrons. The molecule has 1 aliphatic carbocycles. The summed E-state index contributed by atoms with van der Waals surface area (Å²) in [4.78, 5) is 16.7. The highest BCUT2D eigenvalue weighted by Gasteiger charge is 2.56. The summed E-state index contributed by atoms with van der Waals surface area (Å²) in [6, 6.07) is 0. The molecule has 1 amide bonds. The van der Waals surface area contributed by atoms with E-state index in [0.717, 1.165) is 44.7 Å². The van der Waals surface area contributed by atoms with E-state index in [1.165, 1.54) is 26.2 Å². The zero-order chi connectivity index (χ0) is 21.3. The largest absolute Gasteiger partial charge is 0.389 e. The number of halogens is 3. The summed E-state index contributed by atoms with van der Waals surface area (Å²) in [5.41, 5.74) is -1.23. The fraction of sp³-hybridized carbons (Fsp3) is 0.955. The minimum Gasteiger partial charge on any atom is -0.388 e. The number of piperidine rings is 2. The summed E-state index contributed by atoms with van der Waals surface area (Å²) in [5.74, 6) is -0.706. The van der Waals surface area contributed by atoms with Crippen LogP contribution < -0.4 is 0 Å². The third-order valence-electron chi connectivity index (χ3n) is 7.88. The third-order valence-corrected chi connectivity index (χ3v) is 7.88. The summed E-state index contributed by atoms with van der Waals surface area (Å²) in [6.07, 6.45) is 2.32. The van der Waals surface area contributed by atoms with Crippen LogP contribution in [0.15, 0.2) is 0 Å².